The highest BCUT2D eigenvalue weighted by molar-refractivity contribution is 7.89. The summed E-state index contributed by atoms with van der Waals surface area (Å²) < 4.78 is 31.0. The fourth-order valence-electron chi connectivity index (χ4n) is 1.16. The lowest BCUT2D eigenvalue weighted by molar-refractivity contribution is 0.144. The quantitative estimate of drug-likeness (QED) is 0.524. The number of aromatic nitrogens is 1. The lowest BCUT2D eigenvalue weighted by Crippen LogP contribution is -2.28. The molecule has 18 heavy (non-hydrogen) atoms. The SMILES string of the molecule is C=CCCOCCNS(=O)(=O)c1ccc(=O)[nH]c1. The number of aromatic amines is 1. The standard InChI is InChI=1S/C11H16N2O4S/c1-2-3-7-17-8-6-13-18(15,16)10-4-5-11(14)12-9-10/h2,4-5,9,13H,1,3,6-8H2,(H,12,14). The second kappa shape index (κ2) is 7.10. The highest BCUT2D eigenvalue weighted by Gasteiger charge is 2.12. The van der Waals surface area contributed by atoms with E-state index >= 15 is 0 Å². The maximum atomic E-state index is 11.7. The second-order valence-electron chi connectivity index (χ2n) is 3.48. The van der Waals surface area contributed by atoms with E-state index in [0.717, 1.165) is 18.7 Å². The van der Waals surface area contributed by atoms with Crippen LogP contribution in [0, 0.1) is 0 Å². The lowest BCUT2D eigenvalue weighted by atomic mass is 10.5. The number of H-pyrrole nitrogens is 1. The van der Waals surface area contributed by atoms with E-state index in [1.54, 1.807) is 6.08 Å². The number of ether oxygens (including phenoxy) is 1. The molecule has 0 aliphatic carbocycles. The van der Waals surface area contributed by atoms with Crippen LogP contribution in [0.3, 0.4) is 0 Å². The highest BCUT2D eigenvalue weighted by Crippen LogP contribution is 2.03. The zero-order valence-corrected chi connectivity index (χ0v) is 10.7. The zero-order valence-electron chi connectivity index (χ0n) is 9.89. The Morgan fingerprint density at radius 1 is 1.39 bits per heavy atom. The number of hydrogen-bond acceptors (Lipinski definition) is 4. The van der Waals surface area contributed by atoms with Crippen LogP contribution in [-0.2, 0) is 14.8 Å². The Bertz CT molecular complexity index is 516. The van der Waals surface area contributed by atoms with E-state index < -0.39 is 10.0 Å². The number of hydrogen-bond donors (Lipinski definition) is 2. The summed E-state index contributed by atoms with van der Waals surface area (Å²) in [7, 11) is -3.59. The van der Waals surface area contributed by atoms with Gasteiger partial charge in [-0.05, 0) is 12.5 Å². The molecule has 0 radical (unpaired) electrons. The largest absolute Gasteiger partial charge is 0.380 e. The van der Waals surface area contributed by atoms with E-state index in [9.17, 15) is 13.2 Å². The van der Waals surface area contributed by atoms with Gasteiger partial charge in [-0.2, -0.15) is 0 Å². The molecule has 0 unspecified atom stereocenters. The third-order valence-electron chi connectivity index (χ3n) is 2.07. The molecule has 0 aliphatic heterocycles. The molecule has 1 aromatic rings. The fourth-order valence-corrected chi connectivity index (χ4v) is 2.14. The second-order valence-corrected chi connectivity index (χ2v) is 5.24. The third kappa shape index (κ3) is 4.82. The van der Waals surface area contributed by atoms with Crippen molar-refractivity contribution in [1.82, 2.24) is 9.71 Å². The molecule has 0 atom stereocenters. The number of rotatable bonds is 8. The Morgan fingerprint density at radius 2 is 2.17 bits per heavy atom. The molecule has 0 amide bonds. The molecule has 0 saturated heterocycles. The van der Waals surface area contributed by atoms with E-state index in [-0.39, 0.29) is 23.6 Å². The summed E-state index contributed by atoms with van der Waals surface area (Å²) in [6.45, 7) is 4.53. The molecule has 1 aromatic heterocycles. The summed E-state index contributed by atoms with van der Waals surface area (Å²) in [5, 5.41) is 0. The molecule has 2 N–H and O–H groups in total. The summed E-state index contributed by atoms with van der Waals surface area (Å²) in [5.41, 5.74) is -0.346. The van der Waals surface area contributed by atoms with Crippen LogP contribution in [0.25, 0.3) is 0 Å². The first-order chi connectivity index (χ1) is 8.56. The molecule has 0 bridgehead atoms. The van der Waals surface area contributed by atoms with Crippen molar-refractivity contribution in [3.8, 4) is 0 Å². The van der Waals surface area contributed by atoms with Crippen LogP contribution in [0.4, 0.5) is 0 Å². The number of nitrogens with one attached hydrogen (secondary N) is 2. The average molecular weight is 272 g/mol. The van der Waals surface area contributed by atoms with Crippen molar-refractivity contribution >= 4 is 10.0 Å². The normalized spacial score (nSPS) is 11.3. The van der Waals surface area contributed by atoms with Crippen molar-refractivity contribution < 1.29 is 13.2 Å². The van der Waals surface area contributed by atoms with Crippen LogP contribution < -0.4 is 10.3 Å². The Morgan fingerprint density at radius 3 is 2.78 bits per heavy atom. The van der Waals surface area contributed by atoms with Gasteiger partial charge in [0.1, 0.15) is 0 Å². The predicted octanol–water partition coefficient (Wildman–Crippen LogP) is 0.246. The van der Waals surface area contributed by atoms with Gasteiger partial charge in [-0.1, -0.05) is 6.08 Å². The van der Waals surface area contributed by atoms with Crippen LogP contribution in [-0.4, -0.2) is 33.2 Å². The van der Waals surface area contributed by atoms with Crippen molar-refractivity contribution in [2.75, 3.05) is 19.8 Å². The summed E-state index contributed by atoms with van der Waals surface area (Å²) in [5.74, 6) is 0. The summed E-state index contributed by atoms with van der Waals surface area (Å²) in [6, 6.07) is 2.41. The molecule has 0 saturated carbocycles. The minimum absolute atomic E-state index is 0.0215. The van der Waals surface area contributed by atoms with Gasteiger partial charge in [0.25, 0.3) is 0 Å². The predicted molar refractivity (Wildman–Crippen MR) is 67.9 cm³/mol. The molecule has 100 valence electrons. The maximum Gasteiger partial charge on any atom is 0.247 e. The molecule has 6 nitrogen and oxygen atoms in total. The van der Waals surface area contributed by atoms with Gasteiger partial charge < -0.3 is 9.72 Å². The first kappa shape index (κ1) is 14.6. The molecule has 0 fully saturated rings. The molecular weight excluding hydrogens is 256 g/mol. The van der Waals surface area contributed by atoms with Crippen LogP contribution >= 0.6 is 0 Å². The number of sulfonamides is 1. The first-order valence-corrected chi connectivity index (χ1v) is 6.91. The van der Waals surface area contributed by atoms with Crippen LogP contribution in [0.2, 0.25) is 0 Å². The highest BCUT2D eigenvalue weighted by atomic mass is 32.2. The van der Waals surface area contributed by atoms with Crippen molar-refractivity contribution in [2.24, 2.45) is 0 Å². The summed E-state index contributed by atoms with van der Waals surface area (Å²) in [4.78, 5) is 13.1. The van der Waals surface area contributed by atoms with Gasteiger partial charge in [-0.3, -0.25) is 4.79 Å². The van der Waals surface area contributed by atoms with E-state index in [0.29, 0.717) is 6.61 Å². The van der Waals surface area contributed by atoms with Crippen molar-refractivity contribution in [1.29, 1.82) is 0 Å². The maximum absolute atomic E-state index is 11.7. The van der Waals surface area contributed by atoms with E-state index in [4.69, 9.17) is 4.74 Å². The molecule has 1 heterocycles. The van der Waals surface area contributed by atoms with E-state index in [1.165, 1.54) is 6.07 Å². The summed E-state index contributed by atoms with van der Waals surface area (Å²) in [6.07, 6.45) is 3.61. The molecule has 0 aromatic carbocycles. The molecular formula is C11H16N2O4S. The first-order valence-electron chi connectivity index (χ1n) is 5.43. The average Bonchev–Trinajstić information content (AvgIpc) is 2.34. The van der Waals surface area contributed by atoms with Gasteiger partial charge in [0.2, 0.25) is 15.6 Å². The van der Waals surface area contributed by atoms with Gasteiger partial charge in [0.15, 0.2) is 0 Å². The van der Waals surface area contributed by atoms with Gasteiger partial charge in [-0.15, -0.1) is 6.58 Å². The lowest BCUT2D eigenvalue weighted by Gasteiger charge is -2.06. The fraction of sp³-hybridized carbons (Fsp3) is 0.364. The van der Waals surface area contributed by atoms with Crippen molar-refractivity contribution in [3.63, 3.8) is 0 Å². The van der Waals surface area contributed by atoms with Crippen LogP contribution in [0.15, 0.2) is 40.7 Å². The summed E-state index contributed by atoms with van der Waals surface area (Å²) >= 11 is 0. The van der Waals surface area contributed by atoms with Crippen LogP contribution in [0.1, 0.15) is 6.42 Å². The third-order valence-corrected chi connectivity index (χ3v) is 3.53. The van der Waals surface area contributed by atoms with Crippen molar-refractivity contribution in [2.45, 2.75) is 11.3 Å². The van der Waals surface area contributed by atoms with Gasteiger partial charge >= 0.3 is 0 Å². The van der Waals surface area contributed by atoms with Crippen molar-refractivity contribution in [3.05, 3.63) is 41.3 Å². The van der Waals surface area contributed by atoms with E-state index in [2.05, 4.69) is 16.3 Å². The smallest absolute Gasteiger partial charge is 0.247 e. The Balaban J connectivity index is 2.43. The van der Waals surface area contributed by atoms with Crippen LogP contribution in [0.5, 0.6) is 0 Å². The minimum atomic E-state index is -3.59. The Labute approximate surface area is 106 Å². The van der Waals surface area contributed by atoms with Gasteiger partial charge in [0, 0.05) is 18.8 Å². The minimum Gasteiger partial charge on any atom is -0.380 e. The Hall–Kier alpha value is -1.44. The molecule has 1 rings (SSSR count). The van der Waals surface area contributed by atoms with Gasteiger partial charge in [0.05, 0.1) is 18.1 Å². The number of pyridine rings is 1. The molecule has 0 spiro atoms. The topological polar surface area (TPSA) is 88.3 Å². The zero-order chi connectivity index (χ0) is 13.4. The Kier molecular flexibility index (Phi) is 5.76. The van der Waals surface area contributed by atoms with Gasteiger partial charge in [-0.25, -0.2) is 13.1 Å². The molecule has 7 heteroatoms. The monoisotopic (exact) mass is 272 g/mol. The molecule has 0 aliphatic rings. The van der Waals surface area contributed by atoms with E-state index in [1.807, 2.05) is 0 Å².